The molecule has 1 heterocycles. The van der Waals surface area contributed by atoms with Gasteiger partial charge in [0.2, 0.25) is 0 Å². The third-order valence-corrected chi connectivity index (χ3v) is 4.15. The van der Waals surface area contributed by atoms with Gasteiger partial charge in [-0.1, -0.05) is 25.5 Å². The Morgan fingerprint density at radius 1 is 1.12 bits per heavy atom. The Balaban J connectivity index is 2.42. The van der Waals surface area contributed by atoms with Crippen LogP contribution in [-0.4, -0.2) is 60.1 Å². The summed E-state index contributed by atoms with van der Waals surface area (Å²) in [5.41, 5.74) is 1.42. The van der Waals surface area contributed by atoms with Gasteiger partial charge in [-0.2, -0.15) is 0 Å². The molecule has 0 radical (unpaired) electrons. The van der Waals surface area contributed by atoms with Crippen LogP contribution in [0, 0.1) is 0 Å². The predicted octanol–water partition coefficient (Wildman–Crippen LogP) is 1.89. The lowest BCUT2D eigenvalue weighted by Crippen LogP contribution is -2.35. The highest BCUT2D eigenvalue weighted by atomic mass is 16.5. The van der Waals surface area contributed by atoms with Gasteiger partial charge in [0.15, 0.2) is 0 Å². The van der Waals surface area contributed by atoms with Gasteiger partial charge in [0.05, 0.1) is 18.8 Å². The molecule has 0 atom stereocenters. The molecule has 1 aliphatic rings. The number of carbonyl (C=O) groups is 2. The normalized spacial score (nSPS) is 14.5. The summed E-state index contributed by atoms with van der Waals surface area (Å²) in [4.78, 5) is 28.6. The Labute approximate surface area is 148 Å². The molecule has 0 aromatic heterocycles. The zero-order valence-corrected chi connectivity index (χ0v) is 15.1. The molecule has 0 saturated heterocycles. The van der Waals surface area contributed by atoms with Gasteiger partial charge in [0.25, 0.3) is 11.8 Å². The van der Waals surface area contributed by atoms with E-state index < -0.39 is 0 Å². The number of carbonyl (C=O) groups excluding carboxylic acids is 2. The van der Waals surface area contributed by atoms with Crippen molar-refractivity contribution in [3.8, 4) is 5.75 Å². The Morgan fingerprint density at radius 2 is 1.80 bits per heavy atom. The molecule has 1 N–H and O–H groups in total. The average Bonchev–Trinajstić information content (AvgIpc) is 2.85. The summed E-state index contributed by atoms with van der Waals surface area (Å²) in [6, 6.07) is 7.17. The van der Waals surface area contributed by atoms with E-state index >= 15 is 0 Å². The summed E-state index contributed by atoms with van der Waals surface area (Å²) >= 11 is 0. The summed E-state index contributed by atoms with van der Waals surface area (Å²) in [6.07, 6.45) is 1.67. The number of benzene rings is 1. The standard InChI is InChI=1S/C19H26N2O4/c1-4-6-11-21-18(23)16(17(19(21)24)20(3)12-13-22)14-7-9-15(10-8-14)25-5-2/h7-10,22H,4-6,11-13H2,1-3H3. The summed E-state index contributed by atoms with van der Waals surface area (Å²) in [7, 11) is 1.72. The molecule has 0 bridgehead atoms. The zero-order chi connectivity index (χ0) is 18.4. The van der Waals surface area contributed by atoms with Crippen LogP contribution in [0.5, 0.6) is 5.75 Å². The molecule has 6 nitrogen and oxygen atoms in total. The van der Waals surface area contributed by atoms with Gasteiger partial charge in [-0.25, -0.2) is 0 Å². The molecule has 136 valence electrons. The fourth-order valence-electron chi connectivity index (χ4n) is 2.84. The van der Waals surface area contributed by atoms with Crippen molar-refractivity contribution in [3.63, 3.8) is 0 Å². The van der Waals surface area contributed by atoms with E-state index in [0.717, 1.165) is 18.6 Å². The van der Waals surface area contributed by atoms with Crippen LogP contribution in [0.2, 0.25) is 0 Å². The number of amides is 2. The molecule has 0 unspecified atom stereocenters. The molecule has 1 aromatic carbocycles. The van der Waals surface area contributed by atoms with E-state index in [2.05, 4.69) is 0 Å². The lowest BCUT2D eigenvalue weighted by Gasteiger charge is -2.20. The van der Waals surface area contributed by atoms with Crippen molar-refractivity contribution in [2.24, 2.45) is 0 Å². The third kappa shape index (κ3) is 4.02. The summed E-state index contributed by atoms with van der Waals surface area (Å²) in [5.74, 6) is 0.150. The Hall–Kier alpha value is -2.34. The van der Waals surface area contributed by atoms with Crippen molar-refractivity contribution in [2.45, 2.75) is 26.7 Å². The molecule has 6 heteroatoms. The topological polar surface area (TPSA) is 70.1 Å². The molecule has 0 saturated carbocycles. The van der Waals surface area contributed by atoms with Crippen molar-refractivity contribution in [1.29, 1.82) is 0 Å². The SMILES string of the molecule is CCCCN1C(=O)C(c2ccc(OCC)cc2)=C(N(C)CCO)C1=O. The van der Waals surface area contributed by atoms with Crippen LogP contribution in [0.1, 0.15) is 32.3 Å². The van der Waals surface area contributed by atoms with Crippen molar-refractivity contribution >= 4 is 17.4 Å². The van der Waals surface area contributed by atoms with Crippen molar-refractivity contribution in [3.05, 3.63) is 35.5 Å². The van der Waals surface area contributed by atoms with Crippen molar-refractivity contribution < 1.29 is 19.4 Å². The molecule has 0 fully saturated rings. The number of unbranched alkanes of at least 4 members (excludes halogenated alkanes) is 1. The first-order valence-electron chi connectivity index (χ1n) is 8.70. The summed E-state index contributed by atoms with van der Waals surface area (Å²) < 4.78 is 5.44. The van der Waals surface area contributed by atoms with E-state index in [0.29, 0.717) is 30.0 Å². The molecule has 0 spiro atoms. The van der Waals surface area contributed by atoms with Gasteiger partial charge < -0.3 is 14.7 Å². The number of aliphatic hydroxyl groups excluding tert-OH is 1. The maximum absolute atomic E-state index is 12.9. The fraction of sp³-hybridized carbons (Fsp3) is 0.474. The van der Waals surface area contributed by atoms with E-state index in [9.17, 15) is 14.7 Å². The first-order valence-corrected chi connectivity index (χ1v) is 8.70. The Morgan fingerprint density at radius 3 is 2.36 bits per heavy atom. The van der Waals surface area contributed by atoms with Gasteiger partial charge in [0, 0.05) is 20.1 Å². The van der Waals surface area contributed by atoms with E-state index in [1.807, 2.05) is 13.8 Å². The molecular weight excluding hydrogens is 320 g/mol. The summed E-state index contributed by atoms with van der Waals surface area (Å²) in [5, 5.41) is 9.22. The zero-order valence-electron chi connectivity index (χ0n) is 15.1. The van der Waals surface area contributed by atoms with Crippen LogP contribution in [0.3, 0.4) is 0 Å². The number of ether oxygens (including phenoxy) is 1. The van der Waals surface area contributed by atoms with Gasteiger partial charge >= 0.3 is 0 Å². The van der Waals surface area contributed by atoms with E-state index in [1.54, 1.807) is 36.2 Å². The van der Waals surface area contributed by atoms with Crippen LogP contribution in [0.4, 0.5) is 0 Å². The first-order chi connectivity index (χ1) is 12.0. The largest absolute Gasteiger partial charge is 0.494 e. The quantitative estimate of drug-likeness (QED) is 0.692. The lowest BCUT2D eigenvalue weighted by molar-refractivity contribution is -0.137. The minimum atomic E-state index is -0.293. The van der Waals surface area contributed by atoms with Gasteiger partial charge in [0.1, 0.15) is 11.4 Å². The number of hydrogen-bond donors (Lipinski definition) is 1. The van der Waals surface area contributed by atoms with Crippen molar-refractivity contribution in [1.82, 2.24) is 9.80 Å². The number of nitrogens with zero attached hydrogens (tertiary/aromatic N) is 2. The lowest BCUT2D eigenvalue weighted by atomic mass is 10.0. The number of hydrogen-bond acceptors (Lipinski definition) is 5. The smallest absolute Gasteiger partial charge is 0.277 e. The molecule has 1 aromatic rings. The van der Waals surface area contributed by atoms with E-state index in [4.69, 9.17) is 4.74 Å². The van der Waals surface area contributed by atoms with Crippen molar-refractivity contribution in [2.75, 3.05) is 33.4 Å². The van der Waals surface area contributed by atoms with Crippen LogP contribution in [0.15, 0.2) is 30.0 Å². The maximum Gasteiger partial charge on any atom is 0.277 e. The highest BCUT2D eigenvalue weighted by Crippen LogP contribution is 2.32. The van der Waals surface area contributed by atoms with Crippen LogP contribution in [0.25, 0.3) is 5.57 Å². The van der Waals surface area contributed by atoms with E-state index in [1.165, 1.54) is 4.90 Å². The van der Waals surface area contributed by atoms with Crippen LogP contribution < -0.4 is 4.74 Å². The highest BCUT2D eigenvalue weighted by molar-refractivity contribution is 6.35. The highest BCUT2D eigenvalue weighted by Gasteiger charge is 2.40. The second-order valence-corrected chi connectivity index (χ2v) is 5.94. The minimum Gasteiger partial charge on any atom is -0.494 e. The van der Waals surface area contributed by atoms with Crippen LogP contribution >= 0.6 is 0 Å². The number of rotatable bonds is 9. The maximum atomic E-state index is 12.9. The molecule has 2 amide bonds. The second kappa shape index (κ2) is 8.67. The molecular formula is C19H26N2O4. The number of aliphatic hydroxyl groups is 1. The predicted molar refractivity (Wildman–Crippen MR) is 95.9 cm³/mol. The average molecular weight is 346 g/mol. The summed E-state index contributed by atoms with van der Waals surface area (Å²) in [6.45, 7) is 5.09. The monoisotopic (exact) mass is 346 g/mol. The molecule has 2 rings (SSSR count). The molecule has 0 aliphatic carbocycles. The second-order valence-electron chi connectivity index (χ2n) is 5.94. The number of imide groups is 1. The number of likely N-dealkylation sites (N-methyl/N-ethyl adjacent to an activating group) is 1. The van der Waals surface area contributed by atoms with E-state index in [-0.39, 0.29) is 25.0 Å². The fourth-order valence-corrected chi connectivity index (χ4v) is 2.84. The molecule has 1 aliphatic heterocycles. The minimum absolute atomic E-state index is 0.0903. The third-order valence-electron chi connectivity index (χ3n) is 4.15. The van der Waals surface area contributed by atoms with Gasteiger partial charge in [-0.3, -0.25) is 14.5 Å². The first kappa shape index (κ1) is 19.0. The Bertz CT molecular complexity index is 652. The molecule has 25 heavy (non-hydrogen) atoms. The Kier molecular flexibility index (Phi) is 6.58. The van der Waals surface area contributed by atoms with Gasteiger partial charge in [-0.15, -0.1) is 0 Å². The van der Waals surface area contributed by atoms with Crippen LogP contribution in [-0.2, 0) is 9.59 Å². The van der Waals surface area contributed by atoms with Gasteiger partial charge in [-0.05, 0) is 31.0 Å².